The SMILES string of the molecule is CCCC(C)(CNC(C)C)CN1CCCN(CCO)CC1. The third-order valence-electron chi connectivity index (χ3n) is 4.49. The van der Waals surface area contributed by atoms with Gasteiger partial charge in [-0.3, -0.25) is 4.90 Å². The predicted octanol–water partition coefficient (Wildman–Crippen LogP) is 1.79. The monoisotopic (exact) mass is 299 g/mol. The van der Waals surface area contributed by atoms with Crippen LogP contribution in [0.4, 0.5) is 0 Å². The molecule has 0 aromatic rings. The predicted molar refractivity (Wildman–Crippen MR) is 90.7 cm³/mol. The van der Waals surface area contributed by atoms with E-state index in [1.54, 1.807) is 0 Å². The van der Waals surface area contributed by atoms with Crippen LogP contribution in [-0.4, -0.2) is 73.4 Å². The Kier molecular flexibility index (Phi) is 8.79. The van der Waals surface area contributed by atoms with Gasteiger partial charge < -0.3 is 15.3 Å². The van der Waals surface area contributed by atoms with Gasteiger partial charge in [-0.05, 0) is 31.3 Å². The molecule has 1 fully saturated rings. The lowest BCUT2D eigenvalue weighted by molar-refractivity contribution is 0.146. The number of nitrogens with one attached hydrogen (secondary N) is 1. The van der Waals surface area contributed by atoms with Crippen LogP contribution in [0.25, 0.3) is 0 Å². The van der Waals surface area contributed by atoms with Crippen molar-refractivity contribution in [3.8, 4) is 0 Å². The van der Waals surface area contributed by atoms with E-state index in [0.717, 1.165) is 32.7 Å². The number of β-amino-alcohol motifs (C(OH)–C–C–N with tert-alkyl or cyclic N) is 1. The molecule has 0 spiro atoms. The first-order valence-electron chi connectivity index (χ1n) is 8.78. The Morgan fingerprint density at radius 1 is 1.14 bits per heavy atom. The van der Waals surface area contributed by atoms with Gasteiger partial charge in [-0.1, -0.05) is 34.1 Å². The maximum atomic E-state index is 9.09. The average molecular weight is 300 g/mol. The number of aliphatic hydroxyl groups excluding tert-OH is 1. The van der Waals surface area contributed by atoms with E-state index in [1.807, 2.05) is 0 Å². The smallest absolute Gasteiger partial charge is 0.0558 e. The van der Waals surface area contributed by atoms with Crippen molar-refractivity contribution in [2.45, 2.75) is 53.0 Å². The number of aliphatic hydroxyl groups is 1. The molecular formula is C17H37N3O. The molecule has 0 aliphatic carbocycles. The first kappa shape index (κ1) is 18.9. The Hall–Kier alpha value is -0.160. The number of hydrogen-bond acceptors (Lipinski definition) is 4. The minimum Gasteiger partial charge on any atom is -0.395 e. The minimum absolute atomic E-state index is 0.284. The lowest BCUT2D eigenvalue weighted by Gasteiger charge is -2.36. The average Bonchev–Trinajstić information content (AvgIpc) is 2.63. The van der Waals surface area contributed by atoms with Gasteiger partial charge >= 0.3 is 0 Å². The van der Waals surface area contributed by atoms with Crippen molar-refractivity contribution in [1.82, 2.24) is 15.1 Å². The zero-order valence-corrected chi connectivity index (χ0v) is 14.7. The van der Waals surface area contributed by atoms with Crippen LogP contribution in [-0.2, 0) is 0 Å². The number of nitrogens with zero attached hydrogens (tertiary/aromatic N) is 2. The van der Waals surface area contributed by atoms with Gasteiger partial charge in [0.15, 0.2) is 0 Å². The molecule has 126 valence electrons. The van der Waals surface area contributed by atoms with Crippen LogP contribution >= 0.6 is 0 Å². The highest BCUT2D eigenvalue weighted by Gasteiger charge is 2.27. The molecule has 0 saturated carbocycles. The lowest BCUT2D eigenvalue weighted by atomic mass is 9.84. The van der Waals surface area contributed by atoms with E-state index < -0.39 is 0 Å². The van der Waals surface area contributed by atoms with Gasteiger partial charge in [0.2, 0.25) is 0 Å². The van der Waals surface area contributed by atoms with Crippen LogP contribution in [0.3, 0.4) is 0 Å². The van der Waals surface area contributed by atoms with Crippen molar-refractivity contribution < 1.29 is 5.11 Å². The van der Waals surface area contributed by atoms with Crippen LogP contribution in [0.1, 0.15) is 47.0 Å². The van der Waals surface area contributed by atoms with Crippen molar-refractivity contribution in [2.24, 2.45) is 5.41 Å². The third kappa shape index (κ3) is 7.59. The first-order valence-corrected chi connectivity index (χ1v) is 8.78. The molecule has 1 atom stereocenters. The van der Waals surface area contributed by atoms with Gasteiger partial charge in [0.05, 0.1) is 6.61 Å². The Morgan fingerprint density at radius 2 is 1.81 bits per heavy atom. The van der Waals surface area contributed by atoms with Gasteiger partial charge in [-0.2, -0.15) is 0 Å². The summed E-state index contributed by atoms with van der Waals surface area (Å²) >= 11 is 0. The van der Waals surface area contributed by atoms with E-state index in [-0.39, 0.29) is 6.61 Å². The fourth-order valence-corrected chi connectivity index (χ4v) is 3.36. The maximum Gasteiger partial charge on any atom is 0.0558 e. The molecule has 0 amide bonds. The molecule has 1 unspecified atom stereocenters. The third-order valence-corrected chi connectivity index (χ3v) is 4.49. The largest absolute Gasteiger partial charge is 0.395 e. The zero-order chi connectivity index (χ0) is 15.7. The zero-order valence-electron chi connectivity index (χ0n) is 14.7. The van der Waals surface area contributed by atoms with E-state index in [9.17, 15) is 0 Å². The summed E-state index contributed by atoms with van der Waals surface area (Å²) in [6.45, 7) is 17.2. The van der Waals surface area contributed by atoms with Crippen LogP contribution in [0.15, 0.2) is 0 Å². The van der Waals surface area contributed by atoms with E-state index in [1.165, 1.54) is 32.4 Å². The molecular weight excluding hydrogens is 262 g/mol. The molecule has 1 aliphatic heterocycles. The fourth-order valence-electron chi connectivity index (χ4n) is 3.36. The summed E-state index contributed by atoms with van der Waals surface area (Å²) in [5.74, 6) is 0. The molecule has 2 N–H and O–H groups in total. The van der Waals surface area contributed by atoms with Crippen LogP contribution < -0.4 is 5.32 Å². The van der Waals surface area contributed by atoms with Gasteiger partial charge in [0, 0.05) is 38.8 Å². The van der Waals surface area contributed by atoms with Crippen LogP contribution in [0.5, 0.6) is 0 Å². The molecule has 21 heavy (non-hydrogen) atoms. The van der Waals surface area contributed by atoms with Crippen molar-refractivity contribution in [3.63, 3.8) is 0 Å². The summed E-state index contributed by atoms with van der Waals surface area (Å²) in [6, 6.07) is 0.561. The fraction of sp³-hybridized carbons (Fsp3) is 1.00. The summed E-state index contributed by atoms with van der Waals surface area (Å²) in [6.07, 6.45) is 3.75. The lowest BCUT2D eigenvalue weighted by Crippen LogP contribution is -2.45. The molecule has 0 bridgehead atoms. The molecule has 1 heterocycles. The van der Waals surface area contributed by atoms with E-state index in [0.29, 0.717) is 11.5 Å². The highest BCUT2D eigenvalue weighted by molar-refractivity contribution is 4.83. The molecule has 1 saturated heterocycles. The second kappa shape index (κ2) is 9.78. The summed E-state index contributed by atoms with van der Waals surface area (Å²) < 4.78 is 0. The highest BCUT2D eigenvalue weighted by atomic mass is 16.3. The summed E-state index contributed by atoms with van der Waals surface area (Å²) in [5, 5.41) is 12.7. The van der Waals surface area contributed by atoms with Gasteiger partial charge in [0.25, 0.3) is 0 Å². The summed E-state index contributed by atoms with van der Waals surface area (Å²) in [5.41, 5.74) is 0.366. The Labute approximate surface area is 131 Å². The van der Waals surface area contributed by atoms with Gasteiger partial charge in [-0.15, -0.1) is 0 Å². The first-order chi connectivity index (χ1) is 9.99. The molecule has 0 aromatic carbocycles. The Bertz CT molecular complexity index is 273. The van der Waals surface area contributed by atoms with Crippen LogP contribution in [0, 0.1) is 5.41 Å². The van der Waals surface area contributed by atoms with E-state index in [4.69, 9.17) is 5.11 Å². The van der Waals surface area contributed by atoms with E-state index in [2.05, 4.69) is 42.8 Å². The minimum atomic E-state index is 0.284. The van der Waals surface area contributed by atoms with Gasteiger partial charge in [0.1, 0.15) is 0 Å². The van der Waals surface area contributed by atoms with Crippen molar-refractivity contribution >= 4 is 0 Å². The maximum absolute atomic E-state index is 9.09. The molecule has 4 heteroatoms. The molecule has 1 rings (SSSR count). The van der Waals surface area contributed by atoms with Gasteiger partial charge in [-0.25, -0.2) is 0 Å². The summed E-state index contributed by atoms with van der Waals surface area (Å²) in [4.78, 5) is 5.03. The van der Waals surface area contributed by atoms with Crippen molar-refractivity contribution in [2.75, 3.05) is 52.4 Å². The molecule has 0 aromatic heterocycles. The number of rotatable bonds is 9. The Balaban J connectivity index is 2.49. The summed E-state index contributed by atoms with van der Waals surface area (Å²) in [7, 11) is 0. The number of hydrogen-bond donors (Lipinski definition) is 2. The van der Waals surface area contributed by atoms with E-state index >= 15 is 0 Å². The second-order valence-corrected chi connectivity index (χ2v) is 7.29. The Morgan fingerprint density at radius 3 is 2.43 bits per heavy atom. The molecule has 0 radical (unpaired) electrons. The second-order valence-electron chi connectivity index (χ2n) is 7.29. The van der Waals surface area contributed by atoms with Crippen molar-refractivity contribution in [3.05, 3.63) is 0 Å². The molecule has 1 aliphatic rings. The topological polar surface area (TPSA) is 38.7 Å². The molecule has 4 nitrogen and oxygen atoms in total. The standard InChI is InChI=1S/C17H37N3O/c1-5-7-17(4,14-18-16(2)3)15-20-9-6-8-19(10-11-20)12-13-21/h16,18,21H,5-15H2,1-4H3. The highest BCUT2D eigenvalue weighted by Crippen LogP contribution is 2.24. The normalized spacial score (nSPS) is 21.4. The van der Waals surface area contributed by atoms with Crippen LogP contribution in [0.2, 0.25) is 0 Å². The quantitative estimate of drug-likeness (QED) is 0.681. The van der Waals surface area contributed by atoms with Crippen molar-refractivity contribution in [1.29, 1.82) is 0 Å².